The SMILES string of the molecule is CC(C)c1ccc(C2(C3CCNCC3)COC2)cc1. The molecule has 2 aliphatic rings. The lowest BCUT2D eigenvalue weighted by Gasteiger charge is -2.49. The number of benzene rings is 1. The first-order valence-corrected chi connectivity index (χ1v) is 7.61. The molecule has 104 valence electrons. The van der Waals surface area contributed by atoms with Crippen molar-refractivity contribution >= 4 is 0 Å². The Labute approximate surface area is 116 Å². The van der Waals surface area contributed by atoms with E-state index in [1.165, 1.54) is 24.0 Å². The number of hydrogen-bond donors (Lipinski definition) is 1. The molecule has 2 nitrogen and oxygen atoms in total. The van der Waals surface area contributed by atoms with Crippen LogP contribution in [0.1, 0.15) is 43.7 Å². The molecule has 0 saturated carbocycles. The predicted octanol–water partition coefficient (Wildman–Crippen LogP) is 3.08. The molecule has 2 saturated heterocycles. The minimum absolute atomic E-state index is 0.303. The first-order chi connectivity index (χ1) is 9.22. The zero-order valence-electron chi connectivity index (χ0n) is 12.1. The molecule has 2 heteroatoms. The Hall–Kier alpha value is -0.860. The summed E-state index contributed by atoms with van der Waals surface area (Å²) in [7, 11) is 0. The van der Waals surface area contributed by atoms with Gasteiger partial charge >= 0.3 is 0 Å². The third-order valence-electron chi connectivity index (χ3n) is 4.99. The van der Waals surface area contributed by atoms with Crippen LogP contribution in [-0.2, 0) is 10.2 Å². The monoisotopic (exact) mass is 259 g/mol. The highest BCUT2D eigenvalue weighted by atomic mass is 16.5. The normalized spacial score (nSPS) is 23.3. The van der Waals surface area contributed by atoms with Gasteiger partial charge in [0.1, 0.15) is 0 Å². The van der Waals surface area contributed by atoms with E-state index < -0.39 is 0 Å². The standard InChI is InChI=1S/C17H25NO/c1-13(2)14-3-5-15(6-4-14)17(11-19-12-17)16-7-9-18-10-8-16/h3-6,13,16,18H,7-12H2,1-2H3. The van der Waals surface area contributed by atoms with E-state index >= 15 is 0 Å². The molecule has 2 fully saturated rings. The zero-order valence-corrected chi connectivity index (χ0v) is 12.1. The largest absolute Gasteiger partial charge is 0.379 e. The van der Waals surface area contributed by atoms with Crippen molar-refractivity contribution in [1.82, 2.24) is 5.32 Å². The molecule has 2 aliphatic heterocycles. The van der Waals surface area contributed by atoms with Gasteiger partial charge in [0.2, 0.25) is 0 Å². The number of rotatable bonds is 3. The maximum atomic E-state index is 5.60. The van der Waals surface area contributed by atoms with Crippen LogP contribution in [0.5, 0.6) is 0 Å². The molecule has 1 aromatic rings. The molecule has 0 unspecified atom stereocenters. The number of nitrogens with one attached hydrogen (secondary N) is 1. The van der Waals surface area contributed by atoms with Gasteiger partial charge in [-0.3, -0.25) is 0 Å². The fraction of sp³-hybridized carbons (Fsp3) is 0.647. The summed E-state index contributed by atoms with van der Waals surface area (Å²) in [6.45, 7) is 8.67. The van der Waals surface area contributed by atoms with Gasteiger partial charge in [0.25, 0.3) is 0 Å². The van der Waals surface area contributed by atoms with E-state index in [0.29, 0.717) is 11.3 Å². The number of hydrogen-bond acceptors (Lipinski definition) is 2. The summed E-state index contributed by atoms with van der Waals surface area (Å²) in [4.78, 5) is 0. The van der Waals surface area contributed by atoms with Crippen LogP contribution in [0.15, 0.2) is 24.3 Å². The van der Waals surface area contributed by atoms with Crippen molar-refractivity contribution in [2.45, 2.75) is 38.0 Å². The first-order valence-electron chi connectivity index (χ1n) is 7.61. The topological polar surface area (TPSA) is 21.3 Å². The molecule has 0 aliphatic carbocycles. The Morgan fingerprint density at radius 2 is 1.74 bits per heavy atom. The van der Waals surface area contributed by atoms with E-state index in [4.69, 9.17) is 4.74 Å². The summed E-state index contributed by atoms with van der Waals surface area (Å²) >= 11 is 0. The van der Waals surface area contributed by atoms with Gasteiger partial charge < -0.3 is 10.1 Å². The second-order valence-corrected chi connectivity index (χ2v) is 6.45. The summed E-state index contributed by atoms with van der Waals surface area (Å²) < 4.78 is 5.60. The number of ether oxygens (including phenoxy) is 1. The van der Waals surface area contributed by atoms with E-state index in [9.17, 15) is 0 Å². The van der Waals surface area contributed by atoms with Crippen molar-refractivity contribution in [2.24, 2.45) is 5.92 Å². The smallest absolute Gasteiger partial charge is 0.0588 e. The van der Waals surface area contributed by atoms with Gasteiger partial charge in [-0.15, -0.1) is 0 Å². The van der Waals surface area contributed by atoms with Gasteiger partial charge in [-0.25, -0.2) is 0 Å². The van der Waals surface area contributed by atoms with Crippen molar-refractivity contribution in [3.63, 3.8) is 0 Å². The first kappa shape index (κ1) is 13.1. The molecule has 0 bridgehead atoms. The van der Waals surface area contributed by atoms with E-state index in [2.05, 4.69) is 43.4 Å². The summed E-state index contributed by atoms with van der Waals surface area (Å²) in [6.07, 6.45) is 2.57. The third kappa shape index (κ3) is 2.32. The van der Waals surface area contributed by atoms with Gasteiger partial charge in [0.05, 0.1) is 13.2 Å². The van der Waals surface area contributed by atoms with E-state index in [-0.39, 0.29) is 0 Å². The van der Waals surface area contributed by atoms with Gasteiger partial charge in [-0.05, 0) is 48.9 Å². The lowest BCUT2D eigenvalue weighted by molar-refractivity contribution is -0.0963. The van der Waals surface area contributed by atoms with Crippen LogP contribution in [-0.4, -0.2) is 26.3 Å². The summed E-state index contributed by atoms with van der Waals surface area (Å²) in [6, 6.07) is 9.31. The van der Waals surface area contributed by atoms with E-state index in [1.807, 2.05) is 0 Å². The van der Waals surface area contributed by atoms with Crippen LogP contribution in [0.25, 0.3) is 0 Å². The van der Waals surface area contributed by atoms with E-state index in [0.717, 1.165) is 32.2 Å². The van der Waals surface area contributed by atoms with Crippen LogP contribution in [0.3, 0.4) is 0 Å². The molecule has 0 atom stereocenters. The Bertz CT molecular complexity index is 413. The average Bonchev–Trinajstić information content (AvgIpc) is 2.39. The van der Waals surface area contributed by atoms with Crippen LogP contribution in [0.4, 0.5) is 0 Å². The molecular weight excluding hydrogens is 234 g/mol. The fourth-order valence-corrected chi connectivity index (χ4v) is 3.53. The third-order valence-corrected chi connectivity index (χ3v) is 4.99. The summed E-state index contributed by atoms with van der Waals surface area (Å²) in [5.74, 6) is 1.40. The average molecular weight is 259 g/mol. The van der Waals surface area contributed by atoms with Gasteiger partial charge in [-0.2, -0.15) is 0 Å². The minimum Gasteiger partial charge on any atom is -0.379 e. The summed E-state index contributed by atoms with van der Waals surface area (Å²) in [5, 5.41) is 3.47. The van der Waals surface area contributed by atoms with Gasteiger partial charge in [0, 0.05) is 5.41 Å². The predicted molar refractivity (Wildman–Crippen MR) is 78.6 cm³/mol. The molecule has 0 spiro atoms. The second kappa shape index (κ2) is 5.26. The van der Waals surface area contributed by atoms with Crippen LogP contribution in [0, 0.1) is 5.92 Å². The molecule has 2 heterocycles. The maximum absolute atomic E-state index is 5.60. The van der Waals surface area contributed by atoms with Crippen LogP contribution >= 0.6 is 0 Å². The lowest BCUT2D eigenvalue weighted by atomic mass is 9.65. The molecule has 1 aromatic carbocycles. The summed E-state index contributed by atoms with van der Waals surface area (Å²) in [5.41, 5.74) is 3.23. The second-order valence-electron chi connectivity index (χ2n) is 6.45. The minimum atomic E-state index is 0.303. The Balaban J connectivity index is 1.84. The molecule has 19 heavy (non-hydrogen) atoms. The lowest BCUT2D eigenvalue weighted by Crippen LogP contribution is -2.54. The highest BCUT2D eigenvalue weighted by Gasteiger charge is 2.46. The quantitative estimate of drug-likeness (QED) is 0.900. The van der Waals surface area contributed by atoms with Crippen molar-refractivity contribution in [3.8, 4) is 0 Å². The van der Waals surface area contributed by atoms with Crippen molar-refractivity contribution in [2.75, 3.05) is 26.3 Å². The van der Waals surface area contributed by atoms with E-state index in [1.54, 1.807) is 0 Å². The highest BCUT2D eigenvalue weighted by Crippen LogP contribution is 2.43. The molecule has 0 radical (unpaired) electrons. The van der Waals surface area contributed by atoms with Crippen LogP contribution < -0.4 is 5.32 Å². The highest BCUT2D eigenvalue weighted by molar-refractivity contribution is 5.33. The van der Waals surface area contributed by atoms with Gasteiger partial charge in [-0.1, -0.05) is 38.1 Å². The Morgan fingerprint density at radius 1 is 1.11 bits per heavy atom. The number of piperidine rings is 1. The molecule has 1 N–H and O–H groups in total. The van der Waals surface area contributed by atoms with Crippen molar-refractivity contribution in [1.29, 1.82) is 0 Å². The molecular formula is C17H25NO. The van der Waals surface area contributed by atoms with Crippen molar-refractivity contribution in [3.05, 3.63) is 35.4 Å². The Morgan fingerprint density at radius 3 is 2.21 bits per heavy atom. The molecule has 0 aromatic heterocycles. The van der Waals surface area contributed by atoms with Crippen molar-refractivity contribution < 1.29 is 4.74 Å². The van der Waals surface area contributed by atoms with Gasteiger partial charge in [0.15, 0.2) is 0 Å². The maximum Gasteiger partial charge on any atom is 0.0588 e. The fourth-order valence-electron chi connectivity index (χ4n) is 3.53. The van der Waals surface area contributed by atoms with Crippen LogP contribution in [0.2, 0.25) is 0 Å². The zero-order chi connectivity index (χ0) is 13.3. The molecule has 3 rings (SSSR count). The molecule has 0 amide bonds. The Kier molecular flexibility index (Phi) is 3.64.